The summed E-state index contributed by atoms with van der Waals surface area (Å²) in [6.45, 7) is 3.60. The van der Waals surface area contributed by atoms with Gasteiger partial charge >= 0.3 is 0 Å². The van der Waals surface area contributed by atoms with E-state index >= 15 is 0 Å². The molecule has 1 aromatic carbocycles. The molecule has 3 aliphatic rings. The quantitative estimate of drug-likeness (QED) is 0.740. The molecule has 0 N–H and O–H groups in total. The number of likely N-dealkylation sites (tertiary alicyclic amines) is 2. The molecule has 0 radical (unpaired) electrons. The van der Waals surface area contributed by atoms with Crippen LogP contribution >= 0.6 is 0 Å². The van der Waals surface area contributed by atoms with E-state index < -0.39 is 0 Å². The minimum absolute atomic E-state index is 0.0524. The number of hydrogen-bond acceptors (Lipinski definition) is 2. The lowest BCUT2D eigenvalue weighted by molar-refractivity contribution is -0.142. The topological polar surface area (TPSA) is 40.6 Å². The SMILES string of the molecule is CC1CC2CCCCC2N1C(=O)C1CCN(C(=O)/C=C/c2ccccc2)CC1. The molecule has 2 saturated heterocycles. The number of carbonyl (C=O) groups excluding carboxylic acids is 2. The Hall–Kier alpha value is -2.10. The standard InChI is InChI=1S/C24H32N2O2/c1-18-17-21-9-5-6-10-22(21)26(18)24(28)20-13-15-25(16-14-20)23(27)12-11-19-7-3-2-4-8-19/h2-4,7-8,11-12,18,20-22H,5-6,9-10,13-17H2,1H3/b12-11+. The van der Waals surface area contributed by atoms with Gasteiger partial charge in [0.05, 0.1) is 0 Å². The molecule has 0 spiro atoms. The van der Waals surface area contributed by atoms with E-state index in [1.165, 1.54) is 32.1 Å². The van der Waals surface area contributed by atoms with Gasteiger partial charge in [-0.3, -0.25) is 9.59 Å². The van der Waals surface area contributed by atoms with Crippen LogP contribution in [0.3, 0.4) is 0 Å². The molecular weight excluding hydrogens is 348 g/mol. The molecule has 2 aliphatic heterocycles. The van der Waals surface area contributed by atoms with Crippen LogP contribution in [0, 0.1) is 11.8 Å². The summed E-state index contributed by atoms with van der Waals surface area (Å²) < 4.78 is 0. The lowest BCUT2D eigenvalue weighted by Gasteiger charge is -2.38. The minimum atomic E-state index is 0.0524. The van der Waals surface area contributed by atoms with Gasteiger partial charge in [0.1, 0.15) is 0 Å². The molecule has 1 saturated carbocycles. The van der Waals surface area contributed by atoms with Crippen molar-refractivity contribution in [3.8, 4) is 0 Å². The van der Waals surface area contributed by atoms with Crippen LogP contribution in [0.1, 0.15) is 57.4 Å². The third kappa shape index (κ3) is 4.01. The second kappa shape index (κ2) is 8.50. The first-order valence-electron chi connectivity index (χ1n) is 11.0. The van der Waals surface area contributed by atoms with Crippen LogP contribution in [0.5, 0.6) is 0 Å². The van der Waals surface area contributed by atoms with Crippen molar-refractivity contribution >= 4 is 17.9 Å². The number of piperidine rings is 1. The highest BCUT2D eigenvalue weighted by Crippen LogP contribution is 2.40. The number of nitrogens with zero attached hydrogens (tertiary/aromatic N) is 2. The molecule has 0 aromatic heterocycles. The van der Waals surface area contributed by atoms with E-state index in [-0.39, 0.29) is 11.8 Å². The number of hydrogen-bond donors (Lipinski definition) is 0. The Kier molecular flexibility index (Phi) is 5.84. The van der Waals surface area contributed by atoms with Crippen LogP contribution in [0.4, 0.5) is 0 Å². The Morgan fingerprint density at radius 3 is 2.46 bits per heavy atom. The molecule has 1 aliphatic carbocycles. The molecule has 150 valence electrons. The normalized spacial score (nSPS) is 28.5. The monoisotopic (exact) mass is 380 g/mol. The van der Waals surface area contributed by atoms with Crippen molar-refractivity contribution in [3.05, 3.63) is 42.0 Å². The van der Waals surface area contributed by atoms with Crippen molar-refractivity contribution in [2.24, 2.45) is 11.8 Å². The van der Waals surface area contributed by atoms with Crippen LogP contribution in [0.25, 0.3) is 6.08 Å². The zero-order valence-corrected chi connectivity index (χ0v) is 16.9. The van der Waals surface area contributed by atoms with Crippen molar-refractivity contribution < 1.29 is 9.59 Å². The van der Waals surface area contributed by atoms with E-state index in [0.717, 1.165) is 24.3 Å². The van der Waals surface area contributed by atoms with Crippen LogP contribution in [-0.4, -0.2) is 46.8 Å². The van der Waals surface area contributed by atoms with Crippen LogP contribution < -0.4 is 0 Å². The lowest BCUT2D eigenvalue weighted by Crippen LogP contribution is -2.48. The van der Waals surface area contributed by atoms with Crippen molar-refractivity contribution in [3.63, 3.8) is 0 Å². The number of benzene rings is 1. The molecule has 3 fully saturated rings. The minimum Gasteiger partial charge on any atom is -0.339 e. The van der Waals surface area contributed by atoms with E-state index in [2.05, 4.69) is 11.8 Å². The molecule has 4 rings (SSSR count). The smallest absolute Gasteiger partial charge is 0.246 e. The van der Waals surface area contributed by atoms with E-state index in [0.29, 0.717) is 31.1 Å². The molecule has 28 heavy (non-hydrogen) atoms. The maximum absolute atomic E-state index is 13.3. The first kappa shape index (κ1) is 19.2. The zero-order chi connectivity index (χ0) is 19.5. The van der Waals surface area contributed by atoms with Gasteiger partial charge < -0.3 is 9.80 Å². The number of amides is 2. The summed E-state index contributed by atoms with van der Waals surface area (Å²) in [5.41, 5.74) is 1.03. The van der Waals surface area contributed by atoms with Gasteiger partial charge in [-0.25, -0.2) is 0 Å². The Bertz CT molecular complexity index is 721. The average molecular weight is 381 g/mol. The number of fused-ring (bicyclic) bond motifs is 1. The summed E-state index contributed by atoms with van der Waals surface area (Å²) in [5.74, 6) is 1.22. The van der Waals surface area contributed by atoms with Crippen LogP contribution in [0.15, 0.2) is 36.4 Å². The largest absolute Gasteiger partial charge is 0.339 e. The second-order valence-corrected chi connectivity index (χ2v) is 8.79. The highest BCUT2D eigenvalue weighted by atomic mass is 16.2. The van der Waals surface area contributed by atoms with E-state index in [1.54, 1.807) is 6.08 Å². The fraction of sp³-hybridized carbons (Fsp3) is 0.583. The summed E-state index contributed by atoms with van der Waals surface area (Å²) in [7, 11) is 0. The van der Waals surface area contributed by atoms with Gasteiger partial charge in [0.25, 0.3) is 0 Å². The third-order valence-corrected chi connectivity index (χ3v) is 6.97. The molecule has 3 unspecified atom stereocenters. The predicted molar refractivity (Wildman–Crippen MR) is 111 cm³/mol. The Morgan fingerprint density at radius 2 is 1.71 bits per heavy atom. The van der Waals surface area contributed by atoms with Gasteiger partial charge in [-0.05, 0) is 56.6 Å². The second-order valence-electron chi connectivity index (χ2n) is 8.79. The first-order chi connectivity index (χ1) is 13.6. The number of carbonyl (C=O) groups is 2. The molecule has 3 atom stereocenters. The summed E-state index contributed by atoms with van der Waals surface area (Å²) in [4.78, 5) is 29.9. The summed E-state index contributed by atoms with van der Waals surface area (Å²) in [6.07, 6.45) is 11.4. The Balaban J connectivity index is 1.32. The van der Waals surface area contributed by atoms with Gasteiger partial charge in [0.15, 0.2) is 0 Å². The Morgan fingerprint density at radius 1 is 1.00 bits per heavy atom. The highest BCUT2D eigenvalue weighted by Gasteiger charge is 2.44. The van der Waals surface area contributed by atoms with Crippen molar-refractivity contribution in [2.45, 2.75) is 64.0 Å². The molecule has 4 nitrogen and oxygen atoms in total. The van der Waals surface area contributed by atoms with Gasteiger partial charge in [0, 0.05) is 37.2 Å². The molecule has 2 heterocycles. The van der Waals surface area contributed by atoms with Gasteiger partial charge in [-0.1, -0.05) is 43.2 Å². The summed E-state index contributed by atoms with van der Waals surface area (Å²) in [6, 6.07) is 10.8. The fourth-order valence-electron chi connectivity index (χ4n) is 5.48. The van der Waals surface area contributed by atoms with Crippen LogP contribution in [0.2, 0.25) is 0 Å². The Labute approximate surface area is 168 Å². The summed E-state index contributed by atoms with van der Waals surface area (Å²) >= 11 is 0. The van der Waals surface area contributed by atoms with Crippen LogP contribution in [-0.2, 0) is 9.59 Å². The van der Waals surface area contributed by atoms with E-state index in [4.69, 9.17) is 0 Å². The van der Waals surface area contributed by atoms with Gasteiger partial charge in [-0.15, -0.1) is 0 Å². The zero-order valence-electron chi connectivity index (χ0n) is 16.9. The number of rotatable bonds is 3. The molecule has 0 bridgehead atoms. The average Bonchev–Trinajstić information content (AvgIpc) is 3.08. The van der Waals surface area contributed by atoms with E-state index in [1.807, 2.05) is 41.3 Å². The summed E-state index contributed by atoms with van der Waals surface area (Å²) in [5, 5.41) is 0. The molecule has 4 heteroatoms. The maximum Gasteiger partial charge on any atom is 0.246 e. The lowest BCUT2D eigenvalue weighted by atomic mass is 9.84. The maximum atomic E-state index is 13.3. The molecular formula is C24H32N2O2. The van der Waals surface area contributed by atoms with Crippen molar-refractivity contribution in [2.75, 3.05) is 13.1 Å². The van der Waals surface area contributed by atoms with Gasteiger partial charge in [0.2, 0.25) is 11.8 Å². The third-order valence-electron chi connectivity index (χ3n) is 6.97. The van der Waals surface area contributed by atoms with Gasteiger partial charge in [-0.2, -0.15) is 0 Å². The molecule has 1 aromatic rings. The fourth-order valence-corrected chi connectivity index (χ4v) is 5.48. The van der Waals surface area contributed by atoms with Crippen molar-refractivity contribution in [1.29, 1.82) is 0 Å². The predicted octanol–water partition coefficient (Wildman–Crippen LogP) is 4.12. The van der Waals surface area contributed by atoms with Crippen molar-refractivity contribution in [1.82, 2.24) is 9.80 Å². The first-order valence-corrected chi connectivity index (χ1v) is 11.0. The molecule has 2 amide bonds. The van der Waals surface area contributed by atoms with E-state index in [9.17, 15) is 9.59 Å². The highest BCUT2D eigenvalue weighted by molar-refractivity contribution is 5.92.